The summed E-state index contributed by atoms with van der Waals surface area (Å²) in [6.07, 6.45) is 3.51. The van der Waals surface area contributed by atoms with Gasteiger partial charge in [-0.3, -0.25) is 4.98 Å². The van der Waals surface area contributed by atoms with Crippen LogP contribution in [0.25, 0.3) is 0 Å². The third-order valence-electron chi connectivity index (χ3n) is 4.13. The third kappa shape index (κ3) is 5.05. The highest BCUT2D eigenvalue weighted by molar-refractivity contribution is 9.10. The predicted octanol–water partition coefficient (Wildman–Crippen LogP) is 5.75. The summed E-state index contributed by atoms with van der Waals surface area (Å²) < 4.78 is 0.908. The zero-order valence-electron chi connectivity index (χ0n) is 15.5. The number of halogens is 1. The Bertz CT molecular complexity index is 717. The molecule has 0 bridgehead atoms. The molecule has 0 spiro atoms. The molecule has 0 saturated carbocycles. The van der Waals surface area contributed by atoms with Gasteiger partial charge >= 0.3 is 6.03 Å². The van der Waals surface area contributed by atoms with E-state index < -0.39 is 0 Å². The van der Waals surface area contributed by atoms with Crippen LogP contribution < -0.4 is 5.32 Å². The van der Waals surface area contributed by atoms with E-state index in [2.05, 4.69) is 72.1 Å². The van der Waals surface area contributed by atoms with E-state index in [9.17, 15) is 4.79 Å². The van der Waals surface area contributed by atoms with E-state index in [0.29, 0.717) is 18.4 Å². The van der Waals surface area contributed by atoms with E-state index in [4.69, 9.17) is 0 Å². The number of benzene rings is 1. The maximum atomic E-state index is 12.7. The molecule has 0 unspecified atom stereocenters. The van der Waals surface area contributed by atoms with E-state index in [1.54, 1.807) is 24.3 Å². The summed E-state index contributed by atoms with van der Waals surface area (Å²) in [4.78, 5) is 18.6. The highest BCUT2D eigenvalue weighted by atomic mass is 79.9. The second-order valence-electron chi connectivity index (χ2n) is 6.92. The summed E-state index contributed by atoms with van der Waals surface area (Å²) in [5, 5.41) is 3.13. The fourth-order valence-corrected chi connectivity index (χ4v) is 3.20. The van der Waals surface area contributed by atoms with Crippen LogP contribution in [0.4, 0.5) is 10.5 Å². The molecule has 1 N–H and O–H groups in total. The largest absolute Gasteiger partial charge is 0.323 e. The molecule has 1 aromatic heterocycles. The predicted molar refractivity (Wildman–Crippen MR) is 107 cm³/mol. The van der Waals surface area contributed by atoms with Crippen molar-refractivity contribution >= 4 is 27.6 Å². The molecule has 134 valence electrons. The van der Waals surface area contributed by atoms with Crippen molar-refractivity contribution in [2.75, 3.05) is 12.4 Å². The number of nitrogens with one attached hydrogen (secondary N) is 1. The molecule has 0 fully saturated rings. The Morgan fingerprint density at radius 1 is 1.16 bits per heavy atom. The van der Waals surface area contributed by atoms with E-state index in [-0.39, 0.29) is 6.03 Å². The minimum absolute atomic E-state index is 0.116. The SMILES string of the molecule is CC(C)c1cccc(C(C)C)c1NC(=O)N(C)Cc1cncc(Br)c1. The normalized spacial score (nSPS) is 11.0. The average Bonchev–Trinajstić information content (AvgIpc) is 2.54. The minimum Gasteiger partial charge on any atom is -0.323 e. The lowest BCUT2D eigenvalue weighted by Crippen LogP contribution is -2.31. The Balaban J connectivity index is 2.21. The first-order valence-corrected chi connectivity index (χ1v) is 9.33. The topological polar surface area (TPSA) is 45.2 Å². The second-order valence-corrected chi connectivity index (χ2v) is 7.83. The zero-order valence-corrected chi connectivity index (χ0v) is 17.1. The van der Waals surface area contributed by atoms with Gasteiger partial charge in [0, 0.05) is 36.1 Å². The van der Waals surface area contributed by atoms with Crippen LogP contribution in [0, 0.1) is 0 Å². The number of hydrogen-bond donors (Lipinski definition) is 1. The van der Waals surface area contributed by atoms with E-state index in [1.165, 1.54) is 0 Å². The van der Waals surface area contributed by atoms with Crippen LogP contribution in [0.3, 0.4) is 0 Å². The van der Waals surface area contributed by atoms with Crippen molar-refractivity contribution in [3.8, 4) is 0 Å². The molecule has 0 aliphatic carbocycles. The number of rotatable bonds is 5. The van der Waals surface area contributed by atoms with E-state index in [0.717, 1.165) is 26.9 Å². The number of carbonyl (C=O) groups excluding carboxylic acids is 1. The van der Waals surface area contributed by atoms with Crippen LogP contribution >= 0.6 is 15.9 Å². The molecule has 0 atom stereocenters. The fraction of sp³-hybridized carbons (Fsp3) is 0.400. The number of amides is 2. The second kappa shape index (κ2) is 8.48. The first-order valence-electron chi connectivity index (χ1n) is 8.54. The van der Waals surface area contributed by atoms with Gasteiger partial charge in [-0.2, -0.15) is 0 Å². The number of urea groups is 1. The van der Waals surface area contributed by atoms with Crippen molar-refractivity contribution in [2.24, 2.45) is 0 Å². The molecule has 0 radical (unpaired) electrons. The maximum Gasteiger partial charge on any atom is 0.321 e. The summed E-state index contributed by atoms with van der Waals surface area (Å²) in [6, 6.07) is 8.10. The quantitative estimate of drug-likeness (QED) is 0.689. The molecule has 0 aliphatic rings. The Labute approximate surface area is 158 Å². The lowest BCUT2D eigenvalue weighted by Gasteiger charge is -2.23. The number of nitrogens with zero attached hydrogens (tertiary/aromatic N) is 2. The Hall–Kier alpha value is -1.88. The van der Waals surface area contributed by atoms with Crippen molar-refractivity contribution in [1.82, 2.24) is 9.88 Å². The highest BCUT2D eigenvalue weighted by Gasteiger charge is 2.18. The molecular formula is C20H26BrN3O. The lowest BCUT2D eigenvalue weighted by atomic mass is 9.93. The summed E-state index contributed by atoms with van der Waals surface area (Å²) in [6.45, 7) is 9.08. The molecule has 2 amide bonds. The Morgan fingerprint density at radius 3 is 2.28 bits per heavy atom. The standard InChI is InChI=1S/C20H26BrN3O/c1-13(2)17-7-6-8-18(14(3)4)19(17)23-20(25)24(5)12-15-9-16(21)11-22-10-15/h6-11,13-14H,12H2,1-5H3,(H,23,25). The molecule has 2 aromatic rings. The van der Waals surface area contributed by atoms with Gasteiger partial charge in [-0.15, -0.1) is 0 Å². The van der Waals surface area contributed by atoms with Gasteiger partial charge in [0.2, 0.25) is 0 Å². The average molecular weight is 404 g/mol. The summed E-state index contributed by atoms with van der Waals surface area (Å²) in [7, 11) is 1.79. The molecular weight excluding hydrogens is 378 g/mol. The number of anilines is 1. The van der Waals surface area contributed by atoms with Gasteiger partial charge in [0.25, 0.3) is 0 Å². The van der Waals surface area contributed by atoms with E-state index in [1.807, 2.05) is 6.07 Å². The van der Waals surface area contributed by atoms with Crippen LogP contribution in [-0.4, -0.2) is 23.0 Å². The summed E-state index contributed by atoms with van der Waals surface area (Å²) in [5.74, 6) is 0.683. The van der Waals surface area contributed by atoms with Gasteiger partial charge in [0.15, 0.2) is 0 Å². The monoisotopic (exact) mass is 403 g/mol. The van der Waals surface area contributed by atoms with Crippen molar-refractivity contribution in [3.63, 3.8) is 0 Å². The molecule has 5 heteroatoms. The van der Waals surface area contributed by atoms with Crippen LogP contribution in [0.2, 0.25) is 0 Å². The summed E-state index contributed by atoms with van der Waals surface area (Å²) >= 11 is 3.41. The zero-order chi connectivity index (χ0) is 18.6. The molecule has 1 aromatic carbocycles. The minimum atomic E-state index is -0.116. The van der Waals surface area contributed by atoms with Crippen molar-refractivity contribution in [2.45, 2.75) is 46.1 Å². The Morgan fingerprint density at radius 2 is 1.76 bits per heavy atom. The molecule has 4 nitrogen and oxygen atoms in total. The highest BCUT2D eigenvalue weighted by Crippen LogP contribution is 2.32. The molecule has 0 aliphatic heterocycles. The number of aromatic nitrogens is 1. The lowest BCUT2D eigenvalue weighted by molar-refractivity contribution is 0.220. The number of hydrogen-bond acceptors (Lipinski definition) is 2. The van der Waals surface area contributed by atoms with Gasteiger partial charge in [0.1, 0.15) is 0 Å². The maximum absolute atomic E-state index is 12.7. The fourth-order valence-electron chi connectivity index (χ4n) is 2.79. The Kier molecular flexibility index (Phi) is 6.59. The van der Waals surface area contributed by atoms with Gasteiger partial charge in [-0.1, -0.05) is 45.9 Å². The van der Waals surface area contributed by atoms with Crippen molar-refractivity contribution in [1.29, 1.82) is 0 Å². The van der Waals surface area contributed by atoms with Crippen LogP contribution in [0.1, 0.15) is 56.2 Å². The number of pyridine rings is 1. The molecule has 25 heavy (non-hydrogen) atoms. The van der Waals surface area contributed by atoms with Crippen molar-refractivity contribution in [3.05, 3.63) is 57.8 Å². The number of carbonyl (C=O) groups is 1. The van der Waals surface area contributed by atoms with E-state index >= 15 is 0 Å². The molecule has 0 saturated heterocycles. The van der Waals surface area contributed by atoms with Crippen LogP contribution in [0.5, 0.6) is 0 Å². The molecule has 2 rings (SSSR count). The number of para-hydroxylation sites is 1. The smallest absolute Gasteiger partial charge is 0.321 e. The van der Waals surface area contributed by atoms with Gasteiger partial charge < -0.3 is 10.2 Å². The van der Waals surface area contributed by atoms with Crippen molar-refractivity contribution < 1.29 is 4.79 Å². The summed E-state index contributed by atoms with van der Waals surface area (Å²) in [5.41, 5.74) is 4.25. The molecule has 1 heterocycles. The third-order valence-corrected chi connectivity index (χ3v) is 4.57. The van der Waals surface area contributed by atoms with Gasteiger partial charge in [-0.05, 0) is 50.5 Å². The van der Waals surface area contributed by atoms with Crippen LogP contribution in [0.15, 0.2) is 41.1 Å². The first-order chi connectivity index (χ1) is 11.8. The van der Waals surface area contributed by atoms with Gasteiger partial charge in [-0.25, -0.2) is 4.79 Å². The van der Waals surface area contributed by atoms with Gasteiger partial charge in [0.05, 0.1) is 0 Å². The first kappa shape index (κ1) is 19.4. The van der Waals surface area contributed by atoms with Crippen LogP contribution in [-0.2, 0) is 6.54 Å².